The lowest BCUT2D eigenvalue weighted by Gasteiger charge is -2.10. The molecule has 0 radical (unpaired) electrons. The number of rotatable bonds is 27. The number of carboxylic acids is 1. The molecule has 24 nitrogen and oxygen atoms in total. The molecule has 1 fully saturated rings. The van der Waals surface area contributed by atoms with Gasteiger partial charge in [0, 0.05) is 71.6 Å². The Morgan fingerprint density at radius 1 is 0.456 bits per heavy atom. The summed E-state index contributed by atoms with van der Waals surface area (Å²) in [5, 5.41) is 50.4. The van der Waals surface area contributed by atoms with Gasteiger partial charge in [-0.2, -0.15) is 15.4 Å². The van der Waals surface area contributed by atoms with Crippen molar-refractivity contribution in [3.8, 4) is 24.7 Å². The maximum atomic E-state index is 12.1. The van der Waals surface area contributed by atoms with Crippen molar-refractivity contribution >= 4 is 35.8 Å². The van der Waals surface area contributed by atoms with Gasteiger partial charge < -0.3 is 43.7 Å². The van der Waals surface area contributed by atoms with Gasteiger partial charge in [-0.1, -0.05) is 285 Å². The standard InChI is InChI=1S/2C20H21N3O2.C13H15N3O2.C13H14O2.C9H10O2.C6H8O2.C4H8O2.2C2H6.CH4O/c2*1-16(20(24)25-15-18-10-6-3-7-11-18)12-19-14-23(22-21-19)13-17-8-4-2-5-9-17;1-10(7-12-8-14-16-15-12)13(17)18-9-11-5-3-2-4-6-11;1-3-7-11(2)13(14)15-10-12-8-5-4-6-9-12;1-8(10)11-7-9-5-3-2-4-6-9;1-3-4-5(2)6(7)8;5-4-2-1-3-6-4;3*1-2/h2*2-11,14,16H,12-13,15H2,1H3;2-6,8,10H,7,9H2,1H3,(H,14,15,16);1,4-6,8-9,11H,7,10H2,2H3;2-6H,7H2,1H3;1,5H,4H2,2H3,(H,7,8);4-5H,1-3H2;2*1-2H3;2H,1H3/t2*16-;10-;11-;;5-;;;;/m0000.0..../s1. The number of carbonyl (C=O) groups is 6. The number of aromatic amines is 1. The molecule has 1 aliphatic heterocycles. The number of nitrogens with zero attached hydrogens (tertiary/aromatic N) is 8. The highest BCUT2D eigenvalue weighted by Gasteiger charge is 2.21. The zero-order valence-corrected chi connectivity index (χ0v) is 67.5. The van der Waals surface area contributed by atoms with Crippen molar-refractivity contribution < 1.29 is 72.5 Å². The molecule has 4 N–H and O–H groups in total. The Hall–Kier alpha value is -12.2. The lowest BCUT2D eigenvalue weighted by atomic mass is 10.1. The van der Waals surface area contributed by atoms with Crippen molar-refractivity contribution in [3.63, 3.8) is 0 Å². The van der Waals surface area contributed by atoms with E-state index in [1.165, 1.54) is 6.92 Å². The number of hydrogen-bond donors (Lipinski definition) is 4. The first-order valence-electron chi connectivity index (χ1n) is 37.8. The summed E-state index contributed by atoms with van der Waals surface area (Å²) in [6.07, 6.45) is 19.0. The SMILES string of the molecule is C#CC[C@H](C)C(=O)O.C#CC[C@H](C)C(=O)OCc1ccccc1.CC.CC.CC(=O)OCc1ccccc1.CO.C[C@@H](Cc1cn(Cc2ccccc2)nn1)C(=O)OCc1ccccc1.C[C@@H](Cc1cn(Cc2ccccc2)nn1)C(=O)OCc1ccccc1.C[C@@H](Cc1cn[nH]n1)C(=O)OCc1ccccc1.OC1CCCO1. The van der Waals surface area contributed by atoms with Gasteiger partial charge in [0.25, 0.3) is 0 Å². The summed E-state index contributed by atoms with van der Waals surface area (Å²) in [5.74, 6) is 1.37. The van der Waals surface area contributed by atoms with Gasteiger partial charge in [-0.25, -0.2) is 9.36 Å². The molecule has 1 unspecified atom stereocenters. The van der Waals surface area contributed by atoms with Gasteiger partial charge in [0.05, 0.1) is 66.0 Å². The van der Waals surface area contributed by atoms with E-state index < -0.39 is 18.2 Å². The van der Waals surface area contributed by atoms with E-state index in [4.69, 9.17) is 56.6 Å². The van der Waals surface area contributed by atoms with Crippen LogP contribution in [-0.4, -0.2) is 117 Å². The normalized spacial score (nSPS) is 12.3. The quantitative estimate of drug-likeness (QED) is 0.0211. The molecular formula is C90H113N9O15. The van der Waals surface area contributed by atoms with Crippen LogP contribution in [0, 0.1) is 54.3 Å². The fraction of sp³-hybridized carbons (Fsp3) is 0.356. The lowest BCUT2D eigenvalue weighted by molar-refractivity contribution is -0.150. The van der Waals surface area contributed by atoms with Crippen LogP contribution in [-0.2, 0) is 123 Å². The number of nitrogens with one attached hydrogen (secondary N) is 1. The minimum Gasteiger partial charge on any atom is -0.481 e. The smallest absolute Gasteiger partial charge is 0.309 e. The molecular weight excluding hydrogens is 1450 g/mol. The largest absolute Gasteiger partial charge is 0.481 e. The van der Waals surface area contributed by atoms with Crippen LogP contribution < -0.4 is 0 Å². The molecule has 11 rings (SSSR count). The summed E-state index contributed by atoms with van der Waals surface area (Å²) in [5.41, 5.74) is 9.62. The van der Waals surface area contributed by atoms with Crippen LogP contribution >= 0.6 is 0 Å². The first kappa shape index (κ1) is 97.9. The number of aliphatic carboxylic acids is 1. The van der Waals surface area contributed by atoms with Crippen LogP contribution in [0.2, 0.25) is 0 Å². The van der Waals surface area contributed by atoms with Crippen LogP contribution in [0.1, 0.15) is 151 Å². The minimum atomic E-state index is -0.831. The Labute approximate surface area is 672 Å². The van der Waals surface area contributed by atoms with Crippen LogP contribution in [0.5, 0.6) is 0 Å². The number of benzene rings is 7. The molecule has 4 heterocycles. The molecule has 0 spiro atoms. The Kier molecular flexibility index (Phi) is 52.8. The van der Waals surface area contributed by atoms with Crippen LogP contribution in [0.3, 0.4) is 0 Å². The van der Waals surface area contributed by atoms with E-state index in [1.54, 1.807) is 29.4 Å². The van der Waals surface area contributed by atoms with Crippen LogP contribution in [0.25, 0.3) is 0 Å². The minimum absolute atomic E-state index is 0.221. The van der Waals surface area contributed by atoms with Crippen molar-refractivity contribution in [3.05, 3.63) is 287 Å². The van der Waals surface area contributed by atoms with Crippen molar-refractivity contribution in [1.29, 1.82) is 0 Å². The molecule has 1 saturated heterocycles. The predicted molar refractivity (Wildman–Crippen MR) is 438 cm³/mol. The first-order valence-corrected chi connectivity index (χ1v) is 37.8. The molecule has 3 aromatic heterocycles. The second-order valence-corrected chi connectivity index (χ2v) is 25.1. The van der Waals surface area contributed by atoms with E-state index in [0.717, 1.165) is 82.6 Å². The summed E-state index contributed by atoms with van der Waals surface area (Å²) in [4.78, 5) is 67.8. The van der Waals surface area contributed by atoms with Gasteiger partial charge in [0.1, 0.15) is 33.0 Å². The zero-order chi connectivity index (χ0) is 83.9. The van der Waals surface area contributed by atoms with E-state index in [2.05, 4.69) is 47.9 Å². The van der Waals surface area contributed by atoms with E-state index in [9.17, 15) is 28.8 Å². The second kappa shape index (κ2) is 61.5. The number of esters is 5. The van der Waals surface area contributed by atoms with Gasteiger partial charge in [0.2, 0.25) is 0 Å². The molecule has 10 aromatic rings. The van der Waals surface area contributed by atoms with Gasteiger partial charge in [-0.15, -0.1) is 34.9 Å². The first-order chi connectivity index (χ1) is 55.3. The number of aliphatic hydroxyl groups is 2. The number of terminal acetylenes is 2. The summed E-state index contributed by atoms with van der Waals surface area (Å²) in [6, 6.07) is 68.3. The van der Waals surface area contributed by atoms with Gasteiger partial charge in [-0.3, -0.25) is 28.8 Å². The molecule has 114 heavy (non-hydrogen) atoms. The third-order valence-corrected chi connectivity index (χ3v) is 15.5. The maximum absolute atomic E-state index is 12.1. The monoisotopic (exact) mass is 1560 g/mol. The molecule has 0 aliphatic carbocycles. The maximum Gasteiger partial charge on any atom is 0.309 e. The molecule has 7 aromatic carbocycles. The number of hydrogen-bond acceptors (Lipinski definition) is 20. The number of aromatic nitrogens is 9. The fourth-order valence-corrected chi connectivity index (χ4v) is 9.40. The van der Waals surface area contributed by atoms with E-state index in [0.29, 0.717) is 78.2 Å². The molecule has 1 aliphatic rings. The predicted octanol–water partition coefficient (Wildman–Crippen LogP) is 14.9. The van der Waals surface area contributed by atoms with E-state index >= 15 is 0 Å². The van der Waals surface area contributed by atoms with Gasteiger partial charge in [-0.05, 0) is 45.4 Å². The van der Waals surface area contributed by atoms with Gasteiger partial charge >= 0.3 is 35.8 Å². The molecule has 0 bridgehead atoms. The lowest BCUT2D eigenvalue weighted by Crippen LogP contribution is -2.17. The molecule has 608 valence electrons. The Morgan fingerprint density at radius 3 is 0.991 bits per heavy atom. The van der Waals surface area contributed by atoms with Crippen LogP contribution in [0.15, 0.2) is 231 Å². The summed E-state index contributed by atoms with van der Waals surface area (Å²) in [6.45, 7) is 21.9. The highest BCUT2D eigenvalue weighted by atomic mass is 16.6. The Bertz CT molecular complexity index is 4080. The Morgan fingerprint density at radius 2 is 0.746 bits per heavy atom. The third kappa shape index (κ3) is 45.2. The van der Waals surface area contributed by atoms with E-state index in [-0.39, 0.29) is 53.5 Å². The van der Waals surface area contributed by atoms with Crippen molar-refractivity contribution in [2.45, 2.75) is 167 Å². The third-order valence-electron chi connectivity index (χ3n) is 15.5. The van der Waals surface area contributed by atoms with Gasteiger partial charge in [0.15, 0.2) is 6.29 Å². The van der Waals surface area contributed by atoms with Crippen LogP contribution in [0.4, 0.5) is 0 Å². The Balaban J connectivity index is 0.000000464. The van der Waals surface area contributed by atoms with Crippen molar-refractivity contribution in [1.82, 2.24) is 45.4 Å². The number of aliphatic hydroxyl groups excluding tert-OH is 2. The topological polar surface area (TPSA) is 321 Å². The zero-order valence-electron chi connectivity index (χ0n) is 67.5. The summed E-state index contributed by atoms with van der Waals surface area (Å²) in [7, 11) is 1.00. The number of ether oxygens (including phenoxy) is 6. The average molecular weight is 1560 g/mol. The van der Waals surface area contributed by atoms with Crippen molar-refractivity contribution in [2.24, 2.45) is 29.6 Å². The highest BCUT2D eigenvalue weighted by Crippen LogP contribution is 2.16. The average Bonchev–Trinajstić information content (AvgIpc) is 1.74. The second-order valence-electron chi connectivity index (χ2n) is 25.1. The highest BCUT2D eigenvalue weighted by molar-refractivity contribution is 5.74. The molecule has 0 amide bonds. The summed E-state index contributed by atoms with van der Waals surface area (Å²) >= 11 is 0. The number of H-pyrrole nitrogens is 1. The fourth-order valence-electron chi connectivity index (χ4n) is 9.40. The molecule has 6 atom stereocenters. The number of carboxylic acid groups (broad SMARTS) is 1. The molecule has 24 heteroatoms. The van der Waals surface area contributed by atoms with Crippen molar-refractivity contribution in [2.75, 3.05) is 13.7 Å². The van der Waals surface area contributed by atoms with E-state index in [1.807, 2.05) is 273 Å². The molecule has 0 saturated carbocycles. The number of carbonyl (C=O) groups excluding carboxylic acids is 5. The summed E-state index contributed by atoms with van der Waals surface area (Å²) < 4.78 is 34.2.